The molecule has 0 aliphatic carbocycles. The largest absolute Gasteiger partial charge is 0.481 e. The van der Waals surface area contributed by atoms with Crippen LogP contribution in [0.2, 0.25) is 0 Å². The maximum atomic E-state index is 11.5. The topological polar surface area (TPSA) is 51.2 Å². The zero-order valence-electron chi connectivity index (χ0n) is 9.99. The highest BCUT2D eigenvalue weighted by Gasteiger charge is 2.09. The van der Waals surface area contributed by atoms with Gasteiger partial charge in [-0.3, -0.25) is 4.79 Å². The Bertz CT molecular complexity index is 335. The zero-order valence-corrected chi connectivity index (χ0v) is 9.99. The number of hydrogen-bond donors (Lipinski definition) is 1. The standard InChI is InChI=1S/C12H18N2O2/c1-4-9(2)12(15)14-8-10-5-6-11(16-3)13-7-10/h5-7,9H,4,8H2,1-3H3,(H,14,15). The molecule has 1 rings (SSSR count). The fourth-order valence-corrected chi connectivity index (χ4v) is 1.19. The first-order chi connectivity index (χ1) is 7.67. The van der Waals surface area contributed by atoms with E-state index in [9.17, 15) is 4.79 Å². The predicted octanol–water partition coefficient (Wildman–Crippen LogP) is 1.75. The number of pyridine rings is 1. The molecule has 0 radical (unpaired) electrons. The maximum absolute atomic E-state index is 11.5. The van der Waals surface area contributed by atoms with E-state index < -0.39 is 0 Å². The number of amides is 1. The average Bonchev–Trinajstić information content (AvgIpc) is 2.35. The molecule has 0 aliphatic heterocycles. The van der Waals surface area contributed by atoms with Gasteiger partial charge in [0.15, 0.2) is 0 Å². The van der Waals surface area contributed by atoms with Crippen LogP contribution in [0.3, 0.4) is 0 Å². The summed E-state index contributed by atoms with van der Waals surface area (Å²) < 4.78 is 4.95. The van der Waals surface area contributed by atoms with E-state index in [0.717, 1.165) is 12.0 Å². The van der Waals surface area contributed by atoms with Gasteiger partial charge in [0.2, 0.25) is 11.8 Å². The quantitative estimate of drug-likeness (QED) is 0.825. The second-order valence-corrected chi connectivity index (χ2v) is 3.74. The molecule has 1 N–H and O–H groups in total. The molecule has 0 saturated heterocycles. The van der Waals surface area contributed by atoms with Crippen LogP contribution in [-0.2, 0) is 11.3 Å². The van der Waals surface area contributed by atoms with Gasteiger partial charge in [-0.05, 0) is 12.0 Å². The molecule has 1 unspecified atom stereocenters. The van der Waals surface area contributed by atoms with Gasteiger partial charge < -0.3 is 10.1 Å². The van der Waals surface area contributed by atoms with Gasteiger partial charge in [-0.1, -0.05) is 19.9 Å². The molecular formula is C12H18N2O2. The fraction of sp³-hybridized carbons (Fsp3) is 0.500. The van der Waals surface area contributed by atoms with Crippen molar-refractivity contribution in [2.75, 3.05) is 7.11 Å². The molecule has 0 fully saturated rings. The summed E-state index contributed by atoms with van der Waals surface area (Å²) in [5.74, 6) is 0.724. The van der Waals surface area contributed by atoms with Crippen molar-refractivity contribution in [1.82, 2.24) is 10.3 Å². The molecule has 0 spiro atoms. The van der Waals surface area contributed by atoms with Crippen molar-refractivity contribution >= 4 is 5.91 Å². The Morgan fingerprint density at radius 2 is 2.31 bits per heavy atom. The number of nitrogens with one attached hydrogen (secondary N) is 1. The van der Waals surface area contributed by atoms with Crippen LogP contribution in [-0.4, -0.2) is 18.0 Å². The van der Waals surface area contributed by atoms with Gasteiger partial charge in [0, 0.05) is 24.7 Å². The van der Waals surface area contributed by atoms with Crippen LogP contribution in [0.5, 0.6) is 5.88 Å². The minimum atomic E-state index is 0.0613. The molecule has 4 heteroatoms. The van der Waals surface area contributed by atoms with Crippen LogP contribution in [0.15, 0.2) is 18.3 Å². The van der Waals surface area contributed by atoms with Gasteiger partial charge in [0.05, 0.1) is 7.11 Å². The van der Waals surface area contributed by atoms with E-state index in [4.69, 9.17) is 4.74 Å². The van der Waals surface area contributed by atoms with Gasteiger partial charge in [0.1, 0.15) is 0 Å². The summed E-state index contributed by atoms with van der Waals surface area (Å²) >= 11 is 0. The van der Waals surface area contributed by atoms with Crippen LogP contribution >= 0.6 is 0 Å². The van der Waals surface area contributed by atoms with E-state index in [-0.39, 0.29) is 11.8 Å². The monoisotopic (exact) mass is 222 g/mol. The molecule has 0 aliphatic rings. The summed E-state index contributed by atoms with van der Waals surface area (Å²) in [5.41, 5.74) is 0.970. The average molecular weight is 222 g/mol. The molecule has 1 amide bonds. The van der Waals surface area contributed by atoms with Crippen LogP contribution in [0.1, 0.15) is 25.8 Å². The fourth-order valence-electron chi connectivity index (χ4n) is 1.19. The van der Waals surface area contributed by atoms with Gasteiger partial charge in [-0.15, -0.1) is 0 Å². The molecule has 1 heterocycles. The Kier molecular flexibility index (Phi) is 4.76. The van der Waals surface area contributed by atoms with Gasteiger partial charge in [0.25, 0.3) is 0 Å². The number of hydrogen-bond acceptors (Lipinski definition) is 3. The molecule has 1 atom stereocenters. The molecule has 0 bridgehead atoms. The van der Waals surface area contributed by atoms with E-state index in [1.165, 1.54) is 0 Å². The first kappa shape index (κ1) is 12.5. The number of nitrogens with zero attached hydrogens (tertiary/aromatic N) is 1. The number of methoxy groups -OCH3 is 1. The van der Waals surface area contributed by atoms with Crippen molar-refractivity contribution in [3.8, 4) is 5.88 Å². The summed E-state index contributed by atoms with van der Waals surface area (Å²) in [7, 11) is 1.58. The number of ether oxygens (including phenoxy) is 1. The lowest BCUT2D eigenvalue weighted by Gasteiger charge is -2.09. The van der Waals surface area contributed by atoms with Crippen LogP contribution in [0, 0.1) is 5.92 Å². The lowest BCUT2D eigenvalue weighted by molar-refractivity contribution is -0.124. The summed E-state index contributed by atoms with van der Waals surface area (Å²) in [5, 5.41) is 2.87. The number of rotatable bonds is 5. The smallest absolute Gasteiger partial charge is 0.223 e. The molecule has 16 heavy (non-hydrogen) atoms. The number of carbonyl (C=O) groups excluding carboxylic acids is 1. The minimum absolute atomic E-state index is 0.0613. The Morgan fingerprint density at radius 1 is 1.56 bits per heavy atom. The van der Waals surface area contributed by atoms with Crippen LogP contribution in [0.4, 0.5) is 0 Å². The van der Waals surface area contributed by atoms with E-state index in [2.05, 4.69) is 10.3 Å². The summed E-state index contributed by atoms with van der Waals surface area (Å²) in [4.78, 5) is 15.6. The Balaban J connectivity index is 2.45. The Labute approximate surface area is 96.0 Å². The van der Waals surface area contributed by atoms with Crippen LogP contribution in [0.25, 0.3) is 0 Å². The van der Waals surface area contributed by atoms with Crippen molar-refractivity contribution in [3.05, 3.63) is 23.9 Å². The summed E-state index contributed by atoms with van der Waals surface area (Å²) in [6.45, 7) is 4.43. The Hall–Kier alpha value is -1.58. The lowest BCUT2D eigenvalue weighted by atomic mass is 10.1. The third-order valence-electron chi connectivity index (χ3n) is 2.53. The molecule has 1 aromatic heterocycles. The molecule has 0 aromatic carbocycles. The van der Waals surface area contributed by atoms with Crippen molar-refractivity contribution < 1.29 is 9.53 Å². The summed E-state index contributed by atoms with van der Waals surface area (Å²) in [6.07, 6.45) is 2.56. The highest BCUT2D eigenvalue weighted by molar-refractivity contribution is 5.78. The minimum Gasteiger partial charge on any atom is -0.481 e. The van der Waals surface area contributed by atoms with Gasteiger partial charge >= 0.3 is 0 Å². The number of aromatic nitrogens is 1. The highest BCUT2D eigenvalue weighted by atomic mass is 16.5. The van der Waals surface area contributed by atoms with Crippen molar-refractivity contribution in [2.24, 2.45) is 5.92 Å². The summed E-state index contributed by atoms with van der Waals surface area (Å²) in [6, 6.07) is 3.67. The second-order valence-electron chi connectivity index (χ2n) is 3.74. The zero-order chi connectivity index (χ0) is 12.0. The lowest BCUT2D eigenvalue weighted by Crippen LogP contribution is -2.28. The van der Waals surface area contributed by atoms with Crippen molar-refractivity contribution in [1.29, 1.82) is 0 Å². The Morgan fingerprint density at radius 3 is 2.81 bits per heavy atom. The molecule has 0 saturated carbocycles. The number of carbonyl (C=O) groups is 1. The normalized spacial score (nSPS) is 11.9. The van der Waals surface area contributed by atoms with Gasteiger partial charge in [-0.2, -0.15) is 0 Å². The molecule has 88 valence electrons. The van der Waals surface area contributed by atoms with E-state index >= 15 is 0 Å². The van der Waals surface area contributed by atoms with Crippen molar-refractivity contribution in [2.45, 2.75) is 26.8 Å². The first-order valence-electron chi connectivity index (χ1n) is 5.44. The second kappa shape index (κ2) is 6.10. The third kappa shape index (κ3) is 3.53. The molecule has 1 aromatic rings. The van der Waals surface area contributed by atoms with E-state index in [1.54, 1.807) is 19.4 Å². The van der Waals surface area contributed by atoms with E-state index in [1.807, 2.05) is 19.9 Å². The SMILES string of the molecule is CCC(C)C(=O)NCc1ccc(OC)nc1. The molecular weight excluding hydrogens is 204 g/mol. The maximum Gasteiger partial charge on any atom is 0.223 e. The van der Waals surface area contributed by atoms with Crippen LogP contribution < -0.4 is 10.1 Å². The first-order valence-corrected chi connectivity index (χ1v) is 5.44. The third-order valence-corrected chi connectivity index (χ3v) is 2.53. The predicted molar refractivity (Wildman–Crippen MR) is 62.1 cm³/mol. The highest BCUT2D eigenvalue weighted by Crippen LogP contribution is 2.07. The van der Waals surface area contributed by atoms with E-state index in [0.29, 0.717) is 12.4 Å². The van der Waals surface area contributed by atoms with Crippen molar-refractivity contribution in [3.63, 3.8) is 0 Å². The van der Waals surface area contributed by atoms with Gasteiger partial charge in [-0.25, -0.2) is 4.98 Å². The molecule has 4 nitrogen and oxygen atoms in total.